The van der Waals surface area contributed by atoms with Crippen molar-refractivity contribution < 1.29 is 27.2 Å². The zero-order valence-corrected chi connectivity index (χ0v) is 12.2. The summed E-state index contributed by atoms with van der Waals surface area (Å²) in [5.74, 6) is -1.40. The fourth-order valence-electron chi connectivity index (χ4n) is 2.49. The van der Waals surface area contributed by atoms with E-state index in [1.54, 1.807) is 6.07 Å². The standard InChI is InChI=1S/C15H16F4N2O2/c16-11-3-1-2-10(6-11)4-5-13(22)20-12-7-14(23)21(8-12)9-15(17,18)19/h1-3,6,12H,4-5,7-9H2,(H,20,22)/t12-/m0/s1. The molecule has 1 aliphatic rings. The SMILES string of the molecule is O=C(CCc1cccc(F)c1)N[C@H]1CC(=O)N(CC(F)(F)F)C1. The maximum Gasteiger partial charge on any atom is 0.406 e. The zero-order valence-electron chi connectivity index (χ0n) is 12.2. The molecule has 0 bridgehead atoms. The lowest BCUT2D eigenvalue weighted by Gasteiger charge is -2.18. The molecule has 2 rings (SSSR count). The van der Waals surface area contributed by atoms with Crippen LogP contribution in [0.5, 0.6) is 0 Å². The van der Waals surface area contributed by atoms with E-state index >= 15 is 0 Å². The van der Waals surface area contributed by atoms with Gasteiger partial charge in [0.25, 0.3) is 0 Å². The number of hydrogen-bond donors (Lipinski definition) is 1. The van der Waals surface area contributed by atoms with E-state index in [9.17, 15) is 27.2 Å². The van der Waals surface area contributed by atoms with Crippen LogP contribution in [-0.4, -0.2) is 42.0 Å². The lowest BCUT2D eigenvalue weighted by atomic mass is 10.1. The number of likely N-dealkylation sites (tertiary alicyclic amines) is 1. The molecule has 0 radical (unpaired) electrons. The number of rotatable bonds is 5. The molecule has 1 aliphatic heterocycles. The van der Waals surface area contributed by atoms with E-state index in [0.717, 1.165) is 0 Å². The molecule has 4 nitrogen and oxygen atoms in total. The number of carbonyl (C=O) groups is 2. The van der Waals surface area contributed by atoms with E-state index in [4.69, 9.17) is 0 Å². The normalized spacial score (nSPS) is 18.3. The largest absolute Gasteiger partial charge is 0.406 e. The van der Waals surface area contributed by atoms with Crippen molar-refractivity contribution in [3.05, 3.63) is 35.6 Å². The molecule has 2 amide bonds. The van der Waals surface area contributed by atoms with Gasteiger partial charge >= 0.3 is 6.18 Å². The van der Waals surface area contributed by atoms with Crippen LogP contribution in [0.3, 0.4) is 0 Å². The van der Waals surface area contributed by atoms with Crippen LogP contribution in [-0.2, 0) is 16.0 Å². The number of carbonyl (C=O) groups excluding carboxylic acids is 2. The molecular formula is C15H16F4N2O2. The van der Waals surface area contributed by atoms with E-state index < -0.39 is 30.5 Å². The predicted molar refractivity (Wildman–Crippen MR) is 73.9 cm³/mol. The molecule has 1 saturated heterocycles. The highest BCUT2D eigenvalue weighted by Gasteiger charge is 2.38. The molecular weight excluding hydrogens is 316 g/mol. The summed E-state index contributed by atoms with van der Waals surface area (Å²) in [5, 5.41) is 2.55. The van der Waals surface area contributed by atoms with Crippen molar-refractivity contribution in [1.82, 2.24) is 10.2 Å². The highest BCUT2D eigenvalue weighted by Crippen LogP contribution is 2.21. The summed E-state index contributed by atoms with van der Waals surface area (Å²) < 4.78 is 49.9. The summed E-state index contributed by atoms with van der Waals surface area (Å²) in [7, 11) is 0. The highest BCUT2D eigenvalue weighted by molar-refractivity contribution is 5.82. The Hall–Kier alpha value is -2.12. The number of nitrogens with zero attached hydrogens (tertiary/aromatic N) is 1. The fourth-order valence-corrected chi connectivity index (χ4v) is 2.49. The van der Waals surface area contributed by atoms with E-state index in [1.807, 2.05) is 0 Å². The second kappa shape index (κ2) is 6.97. The average molecular weight is 332 g/mol. The van der Waals surface area contributed by atoms with Crippen molar-refractivity contribution in [1.29, 1.82) is 0 Å². The van der Waals surface area contributed by atoms with E-state index in [0.29, 0.717) is 16.9 Å². The van der Waals surface area contributed by atoms with Gasteiger partial charge in [-0.15, -0.1) is 0 Å². The predicted octanol–water partition coefficient (Wildman–Crippen LogP) is 2.04. The monoisotopic (exact) mass is 332 g/mol. The first kappa shape index (κ1) is 17.2. The van der Waals surface area contributed by atoms with Crippen LogP contribution < -0.4 is 5.32 Å². The summed E-state index contributed by atoms with van der Waals surface area (Å²) in [6.07, 6.45) is -4.20. The Morgan fingerprint density at radius 3 is 2.74 bits per heavy atom. The molecule has 1 aromatic rings. The number of benzene rings is 1. The topological polar surface area (TPSA) is 49.4 Å². The van der Waals surface area contributed by atoms with Crippen molar-refractivity contribution in [2.24, 2.45) is 0 Å². The summed E-state index contributed by atoms with van der Waals surface area (Å²) >= 11 is 0. The van der Waals surface area contributed by atoms with Gasteiger partial charge < -0.3 is 10.2 Å². The van der Waals surface area contributed by atoms with Gasteiger partial charge in [0, 0.05) is 19.4 Å². The van der Waals surface area contributed by atoms with Crippen molar-refractivity contribution in [2.75, 3.05) is 13.1 Å². The van der Waals surface area contributed by atoms with Crippen LogP contribution in [0.1, 0.15) is 18.4 Å². The summed E-state index contributed by atoms with van der Waals surface area (Å²) in [6.45, 7) is -1.45. The number of halogens is 4. The molecule has 0 aromatic heterocycles. The van der Waals surface area contributed by atoms with Crippen LogP contribution in [0, 0.1) is 5.82 Å². The lowest BCUT2D eigenvalue weighted by molar-refractivity contribution is -0.157. The highest BCUT2D eigenvalue weighted by atomic mass is 19.4. The Kier molecular flexibility index (Phi) is 5.23. The maximum atomic E-state index is 13.0. The third-order valence-corrected chi connectivity index (χ3v) is 3.48. The van der Waals surface area contributed by atoms with Gasteiger partial charge in [0.2, 0.25) is 11.8 Å². The molecule has 0 spiro atoms. The Morgan fingerprint density at radius 2 is 2.09 bits per heavy atom. The molecule has 1 aromatic carbocycles. The minimum atomic E-state index is -4.45. The van der Waals surface area contributed by atoms with Crippen LogP contribution in [0.25, 0.3) is 0 Å². The molecule has 1 heterocycles. The van der Waals surface area contributed by atoms with Crippen LogP contribution >= 0.6 is 0 Å². The summed E-state index contributed by atoms with van der Waals surface area (Å²) in [4.78, 5) is 24.0. The smallest absolute Gasteiger partial charge is 0.351 e. The molecule has 0 aliphatic carbocycles. The number of amides is 2. The zero-order chi connectivity index (χ0) is 17.0. The minimum Gasteiger partial charge on any atom is -0.351 e. The van der Waals surface area contributed by atoms with Crippen molar-refractivity contribution in [2.45, 2.75) is 31.5 Å². The second-order valence-electron chi connectivity index (χ2n) is 5.49. The quantitative estimate of drug-likeness (QED) is 0.839. The van der Waals surface area contributed by atoms with Gasteiger partial charge in [0.1, 0.15) is 12.4 Å². The molecule has 1 atom stereocenters. The van der Waals surface area contributed by atoms with Gasteiger partial charge in [0.15, 0.2) is 0 Å². The maximum absolute atomic E-state index is 13.0. The molecule has 23 heavy (non-hydrogen) atoms. The average Bonchev–Trinajstić information content (AvgIpc) is 2.74. The lowest BCUT2D eigenvalue weighted by Crippen LogP contribution is -2.39. The van der Waals surface area contributed by atoms with Crippen molar-refractivity contribution in [3.63, 3.8) is 0 Å². The molecule has 1 fully saturated rings. The van der Waals surface area contributed by atoms with E-state index in [-0.39, 0.29) is 25.3 Å². The molecule has 126 valence electrons. The Labute approximate surface area is 130 Å². The molecule has 0 unspecified atom stereocenters. The molecule has 0 saturated carbocycles. The van der Waals surface area contributed by atoms with Crippen molar-refractivity contribution in [3.8, 4) is 0 Å². The van der Waals surface area contributed by atoms with Crippen LogP contribution in [0.15, 0.2) is 24.3 Å². The Balaban J connectivity index is 1.79. The van der Waals surface area contributed by atoms with Gasteiger partial charge in [-0.3, -0.25) is 9.59 Å². The van der Waals surface area contributed by atoms with Gasteiger partial charge in [-0.25, -0.2) is 4.39 Å². The Morgan fingerprint density at radius 1 is 1.35 bits per heavy atom. The summed E-state index contributed by atoms with van der Waals surface area (Å²) in [5.41, 5.74) is 0.654. The second-order valence-corrected chi connectivity index (χ2v) is 5.49. The first-order valence-electron chi connectivity index (χ1n) is 7.11. The number of aryl methyl sites for hydroxylation is 1. The van der Waals surface area contributed by atoms with Gasteiger partial charge in [-0.1, -0.05) is 12.1 Å². The third kappa shape index (κ3) is 5.54. The minimum absolute atomic E-state index is 0.0768. The molecule has 1 N–H and O–H groups in total. The van der Waals surface area contributed by atoms with E-state index in [1.165, 1.54) is 18.2 Å². The number of alkyl halides is 3. The Bertz CT molecular complexity index is 589. The van der Waals surface area contributed by atoms with Crippen LogP contribution in [0.4, 0.5) is 17.6 Å². The summed E-state index contributed by atoms with van der Waals surface area (Å²) in [6, 6.07) is 5.21. The molecule has 8 heteroatoms. The number of hydrogen-bond acceptors (Lipinski definition) is 2. The van der Waals surface area contributed by atoms with Gasteiger partial charge in [-0.2, -0.15) is 13.2 Å². The first-order valence-corrected chi connectivity index (χ1v) is 7.11. The van der Waals surface area contributed by atoms with Crippen LogP contribution in [0.2, 0.25) is 0 Å². The van der Waals surface area contributed by atoms with Gasteiger partial charge in [0.05, 0.1) is 6.04 Å². The third-order valence-electron chi connectivity index (χ3n) is 3.48. The van der Waals surface area contributed by atoms with Gasteiger partial charge in [-0.05, 0) is 24.1 Å². The fraction of sp³-hybridized carbons (Fsp3) is 0.467. The number of nitrogens with one attached hydrogen (secondary N) is 1. The van der Waals surface area contributed by atoms with Crippen molar-refractivity contribution >= 4 is 11.8 Å². The van der Waals surface area contributed by atoms with E-state index in [2.05, 4.69) is 5.32 Å². The first-order chi connectivity index (χ1) is 10.7.